The van der Waals surface area contributed by atoms with Crippen molar-refractivity contribution in [1.29, 1.82) is 0 Å². The van der Waals surface area contributed by atoms with E-state index in [-0.39, 0.29) is 18.9 Å². The Bertz CT molecular complexity index is 428. The van der Waals surface area contributed by atoms with Crippen molar-refractivity contribution in [2.24, 2.45) is 5.92 Å². The number of carboxylic acid groups (broad SMARTS) is 1. The summed E-state index contributed by atoms with van der Waals surface area (Å²) in [5, 5.41) is 14.6. The number of rotatable bonds is 8. The molecule has 0 spiro atoms. The highest BCUT2D eigenvalue weighted by Crippen LogP contribution is 2.27. The monoisotopic (exact) mass is 266 g/mol. The van der Waals surface area contributed by atoms with Gasteiger partial charge in [-0.1, -0.05) is 0 Å². The van der Waals surface area contributed by atoms with Crippen LogP contribution >= 0.6 is 0 Å². The Kier molecular flexibility index (Phi) is 4.51. The van der Waals surface area contributed by atoms with E-state index < -0.39 is 12.0 Å². The molecular formula is C12H18N4O3. The highest BCUT2D eigenvalue weighted by Gasteiger charge is 2.23. The molecule has 0 bridgehead atoms. The summed E-state index contributed by atoms with van der Waals surface area (Å²) in [7, 11) is 0. The van der Waals surface area contributed by atoms with E-state index in [1.165, 1.54) is 19.2 Å². The van der Waals surface area contributed by atoms with E-state index in [0.717, 1.165) is 6.54 Å². The topological polar surface area (TPSA) is 107 Å². The van der Waals surface area contributed by atoms with Gasteiger partial charge in [-0.15, -0.1) is 0 Å². The van der Waals surface area contributed by atoms with Gasteiger partial charge in [0.25, 0.3) is 0 Å². The van der Waals surface area contributed by atoms with Crippen LogP contribution in [0.15, 0.2) is 12.5 Å². The first kappa shape index (κ1) is 13.5. The Labute approximate surface area is 110 Å². The van der Waals surface area contributed by atoms with Crippen LogP contribution in [0, 0.1) is 5.92 Å². The van der Waals surface area contributed by atoms with E-state index in [4.69, 9.17) is 5.11 Å². The number of amides is 1. The van der Waals surface area contributed by atoms with E-state index in [1.54, 1.807) is 6.20 Å². The minimum Gasteiger partial charge on any atom is -0.480 e. The van der Waals surface area contributed by atoms with E-state index in [2.05, 4.69) is 20.6 Å². The van der Waals surface area contributed by atoms with Gasteiger partial charge in [-0.2, -0.15) is 0 Å². The Morgan fingerprint density at radius 2 is 2.32 bits per heavy atom. The molecule has 1 fully saturated rings. The molecule has 7 heteroatoms. The summed E-state index contributed by atoms with van der Waals surface area (Å²) in [6.07, 6.45) is 5.66. The molecule has 0 aliphatic heterocycles. The lowest BCUT2D eigenvalue weighted by Crippen LogP contribution is -2.46. The molecule has 1 saturated carbocycles. The average molecular weight is 266 g/mol. The maximum absolute atomic E-state index is 11.6. The van der Waals surface area contributed by atoms with Crippen LogP contribution in [0.5, 0.6) is 0 Å². The van der Waals surface area contributed by atoms with Crippen molar-refractivity contribution >= 4 is 11.9 Å². The molecule has 1 heterocycles. The van der Waals surface area contributed by atoms with Crippen LogP contribution in [0.25, 0.3) is 0 Å². The lowest BCUT2D eigenvalue weighted by atomic mass is 10.1. The van der Waals surface area contributed by atoms with Crippen LogP contribution in [0.1, 0.15) is 18.5 Å². The number of H-pyrrole nitrogens is 1. The largest absolute Gasteiger partial charge is 0.480 e. The fraction of sp³-hybridized carbons (Fsp3) is 0.583. The number of carbonyl (C=O) groups excluding carboxylic acids is 1. The van der Waals surface area contributed by atoms with Crippen LogP contribution in [-0.4, -0.2) is 46.1 Å². The molecule has 1 aliphatic carbocycles. The van der Waals surface area contributed by atoms with Crippen molar-refractivity contribution in [3.05, 3.63) is 18.2 Å². The minimum atomic E-state index is -1.05. The molecule has 1 aromatic rings. The number of aromatic amines is 1. The number of nitrogens with one attached hydrogen (secondary N) is 3. The van der Waals surface area contributed by atoms with Crippen molar-refractivity contribution in [3.8, 4) is 0 Å². The number of imidazole rings is 1. The first-order chi connectivity index (χ1) is 9.15. The van der Waals surface area contributed by atoms with Gasteiger partial charge >= 0.3 is 5.97 Å². The van der Waals surface area contributed by atoms with E-state index in [9.17, 15) is 9.59 Å². The van der Waals surface area contributed by atoms with Gasteiger partial charge in [0.1, 0.15) is 6.04 Å². The molecule has 0 aromatic carbocycles. The van der Waals surface area contributed by atoms with Gasteiger partial charge in [0.05, 0.1) is 12.9 Å². The summed E-state index contributed by atoms with van der Waals surface area (Å²) in [5.74, 6) is -0.661. The smallest absolute Gasteiger partial charge is 0.326 e. The van der Waals surface area contributed by atoms with Crippen molar-refractivity contribution in [2.45, 2.75) is 25.3 Å². The van der Waals surface area contributed by atoms with Crippen molar-refractivity contribution in [1.82, 2.24) is 20.6 Å². The molecule has 1 aliphatic rings. The molecule has 1 aromatic heterocycles. The average Bonchev–Trinajstić information content (AvgIpc) is 3.03. The lowest BCUT2D eigenvalue weighted by molar-refractivity contribution is -0.141. The zero-order chi connectivity index (χ0) is 13.7. The maximum Gasteiger partial charge on any atom is 0.326 e. The second-order valence-electron chi connectivity index (χ2n) is 4.81. The van der Waals surface area contributed by atoms with Gasteiger partial charge in [0, 0.05) is 18.3 Å². The van der Waals surface area contributed by atoms with E-state index >= 15 is 0 Å². The minimum absolute atomic E-state index is 0.156. The Balaban J connectivity index is 1.74. The summed E-state index contributed by atoms with van der Waals surface area (Å²) in [6, 6.07) is -0.935. The Morgan fingerprint density at radius 3 is 2.89 bits per heavy atom. The normalized spacial score (nSPS) is 16.0. The highest BCUT2D eigenvalue weighted by molar-refractivity contribution is 5.84. The van der Waals surface area contributed by atoms with E-state index in [0.29, 0.717) is 11.6 Å². The Hall–Kier alpha value is -1.89. The zero-order valence-corrected chi connectivity index (χ0v) is 10.6. The number of carboxylic acids is 1. The molecule has 1 amide bonds. The van der Waals surface area contributed by atoms with Gasteiger partial charge in [-0.25, -0.2) is 9.78 Å². The third kappa shape index (κ3) is 4.70. The van der Waals surface area contributed by atoms with Crippen molar-refractivity contribution in [3.63, 3.8) is 0 Å². The van der Waals surface area contributed by atoms with Gasteiger partial charge in [0.2, 0.25) is 5.91 Å². The number of nitrogens with zero attached hydrogens (tertiary/aromatic N) is 1. The predicted octanol–water partition coefficient (Wildman–Crippen LogP) is -0.479. The molecule has 0 saturated heterocycles. The number of carbonyl (C=O) groups is 2. The fourth-order valence-electron chi connectivity index (χ4n) is 1.77. The molecular weight excluding hydrogens is 248 g/mol. The van der Waals surface area contributed by atoms with Crippen molar-refractivity contribution < 1.29 is 14.7 Å². The third-order valence-electron chi connectivity index (χ3n) is 3.03. The summed E-state index contributed by atoms with van der Waals surface area (Å²) in [5.41, 5.74) is 0.679. The molecule has 4 N–H and O–H groups in total. The first-order valence-corrected chi connectivity index (χ1v) is 6.35. The molecule has 1 atom stereocenters. The third-order valence-corrected chi connectivity index (χ3v) is 3.03. The second kappa shape index (κ2) is 6.33. The molecule has 7 nitrogen and oxygen atoms in total. The number of aromatic nitrogens is 2. The number of aliphatic carboxylic acids is 1. The summed E-state index contributed by atoms with van der Waals surface area (Å²) < 4.78 is 0. The predicted molar refractivity (Wildman–Crippen MR) is 67.5 cm³/mol. The van der Waals surface area contributed by atoms with Gasteiger partial charge in [0.15, 0.2) is 0 Å². The van der Waals surface area contributed by atoms with Crippen LogP contribution in [0.3, 0.4) is 0 Å². The fourth-order valence-corrected chi connectivity index (χ4v) is 1.77. The molecule has 2 rings (SSSR count). The maximum atomic E-state index is 11.6. The van der Waals surface area contributed by atoms with Gasteiger partial charge in [-0.3, -0.25) is 4.79 Å². The zero-order valence-electron chi connectivity index (χ0n) is 10.6. The second-order valence-corrected chi connectivity index (χ2v) is 4.81. The summed E-state index contributed by atoms with van der Waals surface area (Å²) >= 11 is 0. The Morgan fingerprint density at radius 1 is 1.53 bits per heavy atom. The summed E-state index contributed by atoms with van der Waals surface area (Å²) in [4.78, 5) is 29.3. The van der Waals surface area contributed by atoms with Crippen LogP contribution in [0.4, 0.5) is 0 Å². The van der Waals surface area contributed by atoms with Crippen LogP contribution in [0.2, 0.25) is 0 Å². The lowest BCUT2D eigenvalue weighted by Gasteiger charge is -2.13. The molecule has 0 radical (unpaired) electrons. The van der Waals surface area contributed by atoms with Gasteiger partial charge < -0.3 is 20.7 Å². The van der Waals surface area contributed by atoms with Crippen molar-refractivity contribution in [2.75, 3.05) is 13.1 Å². The first-order valence-electron chi connectivity index (χ1n) is 6.35. The number of hydrogen-bond donors (Lipinski definition) is 4. The van der Waals surface area contributed by atoms with Gasteiger partial charge in [-0.05, 0) is 25.3 Å². The molecule has 19 heavy (non-hydrogen) atoms. The standard InChI is InChI=1S/C12H18N4O3/c17-11(6-13-4-8-1-2-8)16-10(12(18)19)3-9-5-14-7-15-9/h5,7-8,10,13H,1-4,6H2,(H,14,15)(H,16,17)(H,18,19). The van der Waals surface area contributed by atoms with Crippen LogP contribution in [-0.2, 0) is 16.0 Å². The highest BCUT2D eigenvalue weighted by atomic mass is 16.4. The molecule has 104 valence electrons. The molecule has 1 unspecified atom stereocenters. The quantitative estimate of drug-likeness (QED) is 0.508. The van der Waals surface area contributed by atoms with E-state index in [1.807, 2.05) is 0 Å². The number of hydrogen-bond acceptors (Lipinski definition) is 4. The van der Waals surface area contributed by atoms with Crippen LogP contribution < -0.4 is 10.6 Å². The SMILES string of the molecule is O=C(CNCC1CC1)NC(Cc1cnc[nH]1)C(=O)O. The summed E-state index contributed by atoms with van der Waals surface area (Å²) in [6.45, 7) is 0.981.